The summed E-state index contributed by atoms with van der Waals surface area (Å²) in [5.41, 5.74) is 3.52. The standard InChI is InChI=1S/C17H13ClN2O2S/c18-15-7-6-14(23-15)17-11(2-1-3-16(21)22)12-8-10(9-19)4-5-13(12)20-17/h4-8,20H,1-3H2,(H,21,22). The van der Waals surface area contributed by atoms with Crippen molar-refractivity contribution in [3.05, 3.63) is 45.8 Å². The molecule has 2 aromatic heterocycles. The highest BCUT2D eigenvalue weighted by Crippen LogP contribution is 2.37. The SMILES string of the molecule is N#Cc1ccc2[nH]c(-c3ccc(Cl)s3)c(CCCC(=O)O)c2c1. The van der Waals surface area contributed by atoms with Crippen LogP contribution in [0.25, 0.3) is 21.5 Å². The van der Waals surface area contributed by atoms with E-state index in [9.17, 15) is 4.79 Å². The van der Waals surface area contributed by atoms with Crippen molar-refractivity contribution in [2.24, 2.45) is 0 Å². The van der Waals surface area contributed by atoms with Crippen LogP contribution in [0.4, 0.5) is 0 Å². The second-order valence-corrected chi connectivity index (χ2v) is 6.92. The number of H-pyrrole nitrogens is 1. The third-order valence-electron chi connectivity index (χ3n) is 3.67. The average Bonchev–Trinajstić information content (AvgIpc) is 3.10. The largest absolute Gasteiger partial charge is 0.481 e. The van der Waals surface area contributed by atoms with Gasteiger partial charge in [0.25, 0.3) is 0 Å². The Balaban J connectivity index is 2.10. The minimum Gasteiger partial charge on any atom is -0.481 e. The molecular weight excluding hydrogens is 332 g/mol. The minimum absolute atomic E-state index is 0.120. The van der Waals surface area contributed by atoms with Crippen molar-refractivity contribution in [2.45, 2.75) is 19.3 Å². The van der Waals surface area contributed by atoms with Gasteiger partial charge in [0.05, 0.1) is 26.5 Å². The second-order valence-electron chi connectivity index (χ2n) is 5.20. The topological polar surface area (TPSA) is 76.9 Å². The van der Waals surface area contributed by atoms with Gasteiger partial charge in [0, 0.05) is 17.3 Å². The molecular formula is C17H13ClN2O2S. The van der Waals surface area contributed by atoms with Crippen molar-refractivity contribution >= 4 is 39.8 Å². The van der Waals surface area contributed by atoms with E-state index in [-0.39, 0.29) is 6.42 Å². The van der Waals surface area contributed by atoms with Crippen LogP contribution in [0.5, 0.6) is 0 Å². The number of fused-ring (bicyclic) bond motifs is 1. The number of nitrogens with zero attached hydrogens (tertiary/aromatic N) is 1. The van der Waals surface area contributed by atoms with Crippen LogP contribution >= 0.6 is 22.9 Å². The Morgan fingerprint density at radius 3 is 2.83 bits per heavy atom. The van der Waals surface area contributed by atoms with Crippen molar-refractivity contribution in [2.75, 3.05) is 0 Å². The van der Waals surface area contributed by atoms with Gasteiger partial charge in [-0.15, -0.1) is 11.3 Å². The number of thiophene rings is 1. The van der Waals surface area contributed by atoms with Gasteiger partial charge in [0.1, 0.15) is 0 Å². The molecule has 23 heavy (non-hydrogen) atoms. The van der Waals surface area contributed by atoms with Gasteiger partial charge >= 0.3 is 5.97 Å². The average molecular weight is 345 g/mol. The molecule has 0 saturated carbocycles. The molecule has 2 N–H and O–H groups in total. The third-order valence-corrected chi connectivity index (χ3v) is 4.92. The molecule has 0 fully saturated rings. The summed E-state index contributed by atoms with van der Waals surface area (Å²) in [4.78, 5) is 15.2. The number of aromatic amines is 1. The molecule has 0 radical (unpaired) electrons. The highest BCUT2D eigenvalue weighted by atomic mass is 35.5. The summed E-state index contributed by atoms with van der Waals surface area (Å²) < 4.78 is 0.702. The molecule has 0 aliphatic heterocycles. The zero-order valence-electron chi connectivity index (χ0n) is 12.1. The van der Waals surface area contributed by atoms with Crippen LogP contribution < -0.4 is 0 Å². The smallest absolute Gasteiger partial charge is 0.303 e. The van der Waals surface area contributed by atoms with Crippen LogP contribution in [-0.2, 0) is 11.2 Å². The van der Waals surface area contributed by atoms with Crippen LogP contribution in [0.2, 0.25) is 4.34 Å². The van der Waals surface area contributed by atoms with E-state index in [2.05, 4.69) is 11.1 Å². The van der Waals surface area contributed by atoms with Crippen LogP contribution in [0, 0.1) is 11.3 Å². The zero-order valence-corrected chi connectivity index (χ0v) is 13.7. The van der Waals surface area contributed by atoms with Gasteiger partial charge in [-0.2, -0.15) is 5.26 Å². The van der Waals surface area contributed by atoms with Crippen LogP contribution in [0.15, 0.2) is 30.3 Å². The Bertz CT molecular complexity index is 920. The molecule has 0 aliphatic carbocycles. The molecule has 3 aromatic rings. The van der Waals surface area contributed by atoms with Crippen LogP contribution in [0.3, 0.4) is 0 Å². The Kier molecular flexibility index (Phi) is 4.37. The number of carboxylic acids is 1. The summed E-state index contributed by atoms with van der Waals surface area (Å²) in [5.74, 6) is -0.803. The van der Waals surface area contributed by atoms with Gasteiger partial charge in [-0.05, 0) is 48.7 Å². The molecule has 0 unspecified atom stereocenters. The number of nitrogens with one attached hydrogen (secondary N) is 1. The lowest BCUT2D eigenvalue weighted by atomic mass is 10.0. The molecule has 0 saturated heterocycles. The second kappa shape index (κ2) is 6.45. The van der Waals surface area contributed by atoms with Gasteiger partial charge < -0.3 is 10.1 Å². The molecule has 6 heteroatoms. The number of aryl methyl sites for hydroxylation is 1. The fourth-order valence-electron chi connectivity index (χ4n) is 2.65. The van der Waals surface area contributed by atoms with Crippen molar-refractivity contribution < 1.29 is 9.90 Å². The third kappa shape index (κ3) is 3.24. The Labute approximate surface area is 141 Å². The van der Waals surface area contributed by atoms with E-state index in [1.807, 2.05) is 24.3 Å². The van der Waals surface area contributed by atoms with Gasteiger partial charge in [-0.1, -0.05) is 11.6 Å². The van der Waals surface area contributed by atoms with Gasteiger partial charge in [0.15, 0.2) is 0 Å². The lowest BCUT2D eigenvalue weighted by Gasteiger charge is -2.02. The lowest BCUT2D eigenvalue weighted by Crippen LogP contribution is -1.96. The molecule has 0 bridgehead atoms. The maximum atomic E-state index is 10.8. The first-order valence-corrected chi connectivity index (χ1v) is 8.30. The van der Waals surface area contributed by atoms with E-state index in [0.717, 1.165) is 27.0 Å². The molecule has 3 rings (SSSR count). The molecule has 0 atom stereocenters. The number of aliphatic carboxylic acids is 1. The van der Waals surface area contributed by atoms with Crippen LogP contribution in [-0.4, -0.2) is 16.1 Å². The number of carboxylic acid groups (broad SMARTS) is 1. The molecule has 116 valence electrons. The number of carbonyl (C=O) groups is 1. The first kappa shape index (κ1) is 15.6. The summed E-state index contributed by atoms with van der Waals surface area (Å²) in [6, 6.07) is 11.4. The number of halogens is 1. The molecule has 0 amide bonds. The lowest BCUT2D eigenvalue weighted by molar-refractivity contribution is -0.137. The quantitative estimate of drug-likeness (QED) is 0.696. The van der Waals surface area contributed by atoms with Crippen molar-refractivity contribution in [1.82, 2.24) is 4.98 Å². The maximum Gasteiger partial charge on any atom is 0.303 e. The Hall–Kier alpha value is -2.29. The fraction of sp³-hybridized carbons (Fsp3) is 0.176. The molecule has 2 heterocycles. The summed E-state index contributed by atoms with van der Waals surface area (Å²) in [7, 11) is 0. The molecule has 0 spiro atoms. The summed E-state index contributed by atoms with van der Waals surface area (Å²) >= 11 is 7.51. The first-order chi connectivity index (χ1) is 11.1. The van der Waals surface area contributed by atoms with Crippen molar-refractivity contribution in [3.8, 4) is 16.6 Å². The number of aromatic nitrogens is 1. The van der Waals surface area contributed by atoms with E-state index in [4.69, 9.17) is 22.0 Å². The number of hydrogen-bond donors (Lipinski definition) is 2. The van der Waals surface area contributed by atoms with Crippen molar-refractivity contribution in [1.29, 1.82) is 5.26 Å². The number of rotatable bonds is 5. The van der Waals surface area contributed by atoms with E-state index in [1.165, 1.54) is 11.3 Å². The van der Waals surface area contributed by atoms with Gasteiger partial charge in [-0.25, -0.2) is 0 Å². The van der Waals surface area contributed by atoms with Gasteiger partial charge in [-0.3, -0.25) is 4.79 Å². The van der Waals surface area contributed by atoms with Gasteiger partial charge in [0.2, 0.25) is 0 Å². The monoisotopic (exact) mass is 344 g/mol. The Morgan fingerprint density at radius 2 is 2.17 bits per heavy atom. The summed E-state index contributed by atoms with van der Waals surface area (Å²) in [5, 5.41) is 18.9. The van der Waals surface area contributed by atoms with E-state index >= 15 is 0 Å². The van der Waals surface area contributed by atoms with E-state index in [0.29, 0.717) is 22.7 Å². The zero-order chi connectivity index (χ0) is 16.4. The predicted molar refractivity (Wildman–Crippen MR) is 91.9 cm³/mol. The fourth-order valence-corrected chi connectivity index (χ4v) is 3.72. The van der Waals surface area contributed by atoms with Crippen molar-refractivity contribution in [3.63, 3.8) is 0 Å². The molecule has 4 nitrogen and oxygen atoms in total. The van der Waals surface area contributed by atoms with Crippen LogP contribution in [0.1, 0.15) is 24.0 Å². The number of hydrogen-bond acceptors (Lipinski definition) is 3. The predicted octanol–water partition coefficient (Wildman–Crippen LogP) is 4.83. The maximum absolute atomic E-state index is 10.8. The molecule has 1 aromatic carbocycles. The molecule has 0 aliphatic rings. The first-order valence-electron chi connectivity index (χ1n) is 7.10. The minimum atomic E-state index is -0.803. The Morgan fingerprint density at radius 1 is 1.35 bits per heavy atom. The highest BCUT2D eigenvalue weighted by Gasteiger charge is 2.15. The van der Waals surface area contributed by atoms with E-state index in [1.54, 1.807) is 6.07 Å². The highest BCUT2D eigenvalue weighted by molar-refractivity contribution is 7.19. The normalized spacial score (nSPS) is 10.8. The summed E-state index contributed by atoms with van der Waals surface area (Å²) in [6.45, 7) is 0. The number of nitriles is 1. The van der Waals surface area contributed by atoms with E-state index < -0.39 is 5.97 Å². The number of benzene rings is 1. The summed E-state index contributed by atoms with van der Waals surface area (Å²) in [6.07, 6.45) is 1.30.